The van der Waals surface area contributed by atoms with Gasteiger partial charge in [-0.1, -0.05) is 67.4 Å². The number of carbonyl (C=O) groups is 2. The molecule has 11 heteroatoms. The fourth-order valence-corrected chi connectivity index (χ4v) is 4.93. The Bertz CT molecular complexity index is 1350. The average Bonchev–Trinajstić information content (AvgIpc) is 3.46. The number of rotatable bonds is 9. The third-order valence-electron chi connectivity index (χ3n) is 6.19. The zero-order valence-electron chi connectivity index (χ0n) is 20.7. The van der Waals surface area contributed by atoms with Gasteiger partial charge >= 0.3 is 0 Å². The largest absolute Gasteiger partial charge is 0.355 e. The number of nitrogens with two attached hydrogens (primary N) is 1. The van der Waals surface area contributed by atoms with Crippen molar-refractivity contribution in [3.8, 4) is 11.1 Å². The molecular formula is C27H30N4O6S. The Kier molecular flexibility index (Phi) is 10.1. The Morgan fingerprint density at radius 2 is 1.53 bits per heavy atom. The Balaban J connectivity index is 0.000000260. The molecule has 1 saturated carbocycles. The smallest absolute Gasteiger partial charge is 0.269 e. The third kappa shape index (κ3) is 8.22. The Morgan fingerprint density at radius 1 is 0.947 bits per heavy atom. The van der Waals surface area contributed by atoms with E-state index in [0.29, 0.717) is 25.1 Å². The van der Waals surface area contributed by atoms with Gasteiger partial charge in [-0.05, 0) is 35.6 Å². The second-order valence-electron chi connectivity index (χ2n) is 8.86. The molecule has 0 atom stereocenters. The molecule has 4 N–H and O–H groups in total. The summed E-state index contributed by atoms with van der Waals surface area (Å²) in [5, 5.41) is 21.0. The van der Waals surface area contributed by atoms with Crippen molar-refractivity contribution in [2.75, 3.05) is 0 Å². The van der Waals surface area contributed by atoms with Crippen LogP contribution in [0.1, 0.15) is 36.8 Å². The molecule has 0 saturated heterocycles. The minimum Gasteiger partial charge on any atom is -0.355 e. The lowest BCUT2D eigenvalue weighted by Crippen LogP contribution is -2.28. The number of benzene rings is 3. The highest BCUT2D eigenvalue weighted by atomic mass is 32.2. The van der Waals surface area contributed by atoms with E-state index >= 15 is 0 Å². The molecule has 38 heavy (non-hydrogen) atoms. The number of sulfonamides is 1. The van der Waals surface area contributed by atoms with Crippen molar-refractivity contribution in [3.05, 3.63) is 94.0 Å². The highest BCUT2D eigenvalue weighted by Gasteiger charge is 2.22. The number of carbonyl (C=O) groups excluding carboxylic acids is 2. The van der Waals surface area contributed by atoms with Crippen molar-refractivity contribution < 1.29 is 22.9 Å². The van der Waals surface area contributed by atoms with E-state index in [9.17, 15) is 28.1 Å². The quantitative estimate of drug-likeness (QED) is 0.214. The highest BCUT2D eigenvalue weighted by molar-refractivity contribution is 7.89. The number of non-ortho nitro benzene ring substituents is 1. The SMILES string of the molecule is NS(=O)(=O)c1ccccc1-c1ccc(CNC(=O)C2CCCC2)cc1.O=CNCc1ccc([N+](=O)[O-])cc1. The van der Waals surface area contributed by atoms with Gasteiger partial charge in [0.1, 0.15) is 0 Å². The number of nitro benzene ring substituents is 1. The molecule has 3 aromatic carbocycles. The van der Waals surface area contributed by atoms with Crippen LogP contribution in [0.5, 0.6) is 0 Å². The number of hydrogen-bond donors (Lipinski definition) is 3. The summed E-state index contributed by atoms with van der Waals surface area (Å²) in [6.07, 6.45) is 4.82. The van der Waals surface area contributed by atoms with E-state index in [1.54, 1.807) is 30.3 Å². The van der Waals surface area contributed by atoms with Crippen molar-refractivity contribution in [2.24, 2.45) is 11.1 Å². The van der Waals surface area contributed by atoms with Gasteiger partial charge in [0, 0.05) is 36.7 Å². The van der Waals surface area contributed by atoms with Crippen molar-refractivity contribution in [3.63, 3.8) is 0 Å². The van der Waals surface area contributed by atoms with Crippen molar-refractivity contribution in [1.29, 1.82) is 0 Å². The van der Waals surface area contributed by atoms with E-state index in [1.807, 2.05) is 24.3 Å². The lowest BCUT2D eigenvalue weighted by Gasteiger charge is -2.11. The van der Waals surface area contributed by atoms with Gasteiger partial charge in [-0.3, -0.25) is 19.7 Å². The molecule has 0 aromatic heterocycles. The maximum absolute atomic E-state index is 12.1. The first-order valence-corrected chi connectivity index (χ1v) is 13.6. The number of nitrogens with zero attached hydrogens (tertiary/aromatic N) is 1. The van der Waals surface area contributed by atoms with Gasteiger partial charge in [-0.2, -0.15) is 0 Å². The van der Waals surface area contributed by atoms with Crippen LogP contribution < -0.4 is 15.8 Å². The molecule has 3 aromatic rings. The number of nitrogens with one attached hydrogen (secondary N) is 2. The summed E-state index contributed by atoms with van der Waals surface area (Å²) < 4.78 is 23.5. The third-order valence-corrected chi connectivity index (χ3v) is 7.16. The first-order chi connectivity index (χ1) is 18.2. The first-order valence-electron chi connectivity index (χ1n) is 12.1. The van der Waals surface area contributed by atoms with Crippen LogP contribution >= 0.6 is 0 Å². The summed E-state index contributed by atoms with van der Waals surface area (Å²) in [4.78, 5) is 31.9. The normalized spacial score (nSPS) is 13.2. The second kappa shape index (κ2) is 13.5. The molecule has 10 nitrogen and oxygen atoms in total. The Labute approximate surface area is 221 Å². The maximum Gasteiger partial charge on any atom is 0.269 e. The van der Waals surface area contributed by atoms with Crippen LogP contribution in [0, 0.1) is 16.0 Å². The van der Waals surface area contributed by atoms with Gasteiger partial charge in [-0.15, -0.1) is 0 Å². The van der Waals surface area contributed by atoms with Crippen LogP contribution in [0.4, 0.5) is 5.69 Å². The van der Waals surface area contributed by atoms with E-state index in [0.717, 1.165) is 42.4 Å². The van der Waals surface area contributed by atoms with Gasteiger partial charge in [0.2, 0.25) is 22.3 Å². The van der Waals surface area contributed by atoms with Crippen LogP contribution in [-0.4, -0.2) is 25.7 Å². The molecule has 2 amide bonds. The summed E-state index contributed by atoms with van der Waals surface area (Å²) in [7, 11) is -3.78. The molecule has 0 bridgehead atoms. The van der Waals surface area contributed by atoms with Gasteiger partial charge < -0.3 is 10.6 Å². The maximum atomic E-state index is 12.1. The number of primary sulfonamides is 1. The minimum absolute atomic E-state index is 0.0508. The molecule has 200 valence electrons. The fraction of sp³-hybridized carbons (Fsp3) is 0.259. The lowest BCUT2D eigenvalue weighted by molar-refractivity contribution is -0.384. The van der Waals surface area contributed by atoms with Gasteiger partial charge in [0.25, 0.3) is 5.69 Å². The average molecular weight is 539 g/mol. The van der Waals surface area contributed by atoms with E-state index in [4.69, 9.17) is 5.14 Å². The van der Waals surface area contributed by atoms with Crippen molar-refractivity contribution >= 4 is 28.0 Å². The summed E-state index contributed by atoms with van der Waals surface area (Å²) in [6, 6.07) is 20.2. The van der Waals surface area contributed by atoms with E-state index < -0.39 is 14.9 Å². The topological polar surface area (TPSA) is 162 Å². The Morgan fingerprint density at radius 3 is 2.11 bits per heavy atom. The molecule has 0 aliphatic heterocycles. The van der Waals surface area contributed by atoms with E-state index in [2.05, 4.69) is 10.6 Å². The number of nitro groups is 1. The standard InChI is InChI=1S/C19H22N2O3S.C8H8N2O3/c20-25(23,24)18-8-4-3-7-17(18)15-11-9-14(10-12-15)13-21-19(22)16-5-1-2-6-16;11-6-9-5-7-1-3-8(4-2-7)10(12)13/h3-4,7-12,16H,1-2,5-6,13H2,(H,21,22)(H2,20,23,24);1-4,6H,5H2,(H,9,11). The first kappa shape index (κ1) is 28.5. The van der Waals surface area contributed by atoms with Crippen LogP contribution in [0.3, 0.4) is 0 Å². The fourth-order valence-electron chi connectivity index (χ4n) is 4.17. The molecule has 0 radical (unpaired) electrons. The summed E-state index contributed by atoms with van der Waals surface area (Å²) in [5.74, 6) is 0.280. The molecule has 1 aliphatic carbocycles. The zero-order chi connectivity index (χ0) is 27.5. The number of hydrogen-bond acceptors (Lipinski definition) is 6. The van der Waals surface area contributed by atoms with Crippen molar-refractivity contribution in [1.82, 2.24) is 10.6 Å². The highest BCUT2D eigenvalue weighted by Crippen LogP contribution is 2.27. The van der Waals surface area contributed by atoms with Gasteiger partial charge in [-0.25, -0.2) is 13.6 Å². The predicted octanol–water partition coefficient (Wildman–Crippen LogP) is 3.65. The summed E-state index contributed by atoms with van der Waals surface area (Å²) >= 11 is 0. The summed E-state index contributed by atoms with van der Waals surface area (Å²) in [6.45, 7) is 0.869. The van der Waals surface area contributed by atoms with E-state index in [-0.39, 0.29) is 22.4 Å². The van der Waals surface area contributed by atoms with Crippen molar-refractivity contribution in [2.45, 2.75) is 43.7 Å². The predicted molar refractivity (Wildman–Crippen MR) is 143 cm³/mol. The summed E-state index contributed by atoms with van der Waals surface area (Å²) in [5.41, 5.74) is 3.21. The molecule has 4 rings (SSSR count). The van der Waals surface area contributed by atoms with E-state index in [1.165, 1.54) is 18.2 Å². The minimum atomic E-state index is -3.78. The van der Waals surface area contributed by atoms with Crippen LogP contribution in [0.2, 0.25) is 0 Å². The lowest BCUT2D eigenvalue weighted by atomic mass is 10.0. The van der Waals surface area contributed by atoms with Gasteiger partial charge in [0.15, 0.2) is 0 Å². The molecule has 0 unspecified atom stereocenters. The number of amides is 2. The second-order valence-corrected chi connectivity index (χ2v) is 10.4. The molecule has 1 fully saturated rings. The molecule has 1 aliphatic rings. The van der Waals surface area contributed by atoms with Gasteiger partial charge in [0.05, 0.1) is 9.82 Å². The molecule has 0 spiro atoms. The van der Waals surface area contributed by atoms with Crippen LogP contribution in [0.15, 0.2) is 77.7 Å². The molecule has 0 heterocycles. The Hall–Kier alpha value is -4.09. The zero-order valence-corrected chi connectivity index (χ0v) is 21.5. The van der Waals surface area contributed by atoms with Crippen LogP contribution in [-0.2, 0) is 32.7 Å². The monoisotopic (exact) mass is 538 g/mol. The van der Waals surface area contributed by atoms with Crippen LogP contribution in [0.25, 0.3) is 11.1 Å². The molecular weight excluding hydrogens is 508 g/mol.